The molecule has 138 valence electrons. The molecule has 0 unspecified atom stereocenters. The Labute approximate surface area is 168 Å². The van der Waals surface area contributed by atoms with Crippen LogP contribution in [-0.2, 0) is 10.0 Å². The molecule has 5 nitrogen and oxygen atoms in total. The molecule has 3 rings (SSSR count). The van der Waals surface area contributed by atoms with Gasteiger partial charge in [0.25, 0.3) is 10.0 Å². The average Bonchev–Trinajstić information content (AvgIpc) is 2.62. The van der Waals surface area contributed by atoms with Crippen LogP contribution >= 0.6 is 23.8 Å². The number of hydrogen-bond donors (Lipinski definition) is 3. The van der Waals surface area contributed by atoms with Gasteiger partial charge < -0.3 is 10.6 Å². The van der Waals surface area contributed by atoms with Crippen LogP contribution in [0.2, 0.25) is 5.02 Å². The van der Waals surface area contributed by atoms with Crippen molar-refractivity contribution in [2.24, 2.45) is 0 Å². The number of hydrogen-bond acceptors (Lipinski definition) is 3. The van der Waals surface area contributed by atoms with Crippen LogP contribution in [0.25, 0.3) is 0 Å². The minimum absolute atomic E-state index is 0.158. The SMILES string of the molecule is O=S(=O)(Nc1ccccc1)c1ccc(NC(=S)Nc2cccc(Cl)c2)cc1. The lowest BCUT2D eigenvalue weighted by molar-refractivity contribution is 0.601. The molecule has 0 saturated heterocycles. The van der Waals surface area contributed by atoms with Gasteiger partial charge in [-0.25, -0.2) is 8.42 Å². The van der Waals surface area contributed by atoms with Gasteiger partial charge in [-0.15, -0.1) is 0 Å². The van der Waals surface area contributed by atoms with Gasteiger partial charge in [0.2, 0.25) is 0 Å². The molecule has 0 aliphatic carbocycles. The molecule has 0 bridgehead atoms. The monoisotopic (exact) mass is 417 g/mol. The molecular weight excluding hydrogens is 402 g/mol. The lowest BCUT2D eigenvalue weighted by Gasteiger charge is -2.12. The van der Waals surface area contributed by atoms with Crippen molar-refractivity contribution >= 4 is 56.0 Å². The molecule has 0 saturated carbocycles. The molecular formula is C19H16ClN3O2S2. The fourth-order valence-corrected chi connectivity index (χ4v) is 3.78. The second-order valence-electron chi connectivity index (χ2n) is 5.59. The number of sulfonamides is 1. The molecule has 0 aliphatic heterocycles. The van der Waals surface area contributed by atoms with E-state index in [4.69, 9.17) is 23.8 Å². The van der Waals surface area contributed by atoms with E-state index >= 15 is 0 Å². The molecule has 0 aliphatic rings. The van der Waals surface area contributed by atoms with Crippen LogP contribution in [0.15, 0.2) is 83.8 Å². The van der Waals surface area contributed by atoms with Gasteiger partial charge >= 0.3 is 0 Å². The molecule has 0 fully saturated rings. The lowest BCUT2D eigenvalue weighted by atomic mass is 10.3. The van der Waals surface area contributed by atoms with Crippen LogP contribution in [-0.4, -0.2) is 13.5 Å². The first kappa shape index (κ1) is 19.2. The van der Waals surface area contributed by atoms with E-state index < -0.39 is 10.0 Å². The third kappa shape index (κ3) is 5.43. The maximum absolute atomic E-state index is 12.4. The van der Waals surface area contributed by atoms with E-state index in [2.05, 4.69) is 15.4 Å². The number of benzene rings is 3. The topological polar surface area (TPSA) is 70.2 Å². The Morgan fingerprint density at radius 2 is 1.41 bits per heavy atom. The van der Waals surface area contributed by atoms with Crippen LogP contribution in [0.4, 0.5) is 17.1 Å². The zero-order valence-corrected chi connectivity index (χ0v) is 16.4. The van der Waals surface area contributed by atoms with Crippen molar-refractivity contribution in [1.29, 1.82) is 0 Å². The zero-order chi connectivity index (χ0) is 19.3. The Hall–Kier alpha value is -2.61. The van der Waals surface area contributed by atoms with Gasteiger partial charge in [0.05, 0.1) is 4.90 Å². The molecule has 3 aromatic carbocycles. The molecule has 0 radical (unpaired) electrons. The van der Waals surface area contributed by atoms with Crippen molar-refractivity contribution < 1.29 is 8.42 Å². The summed E-state index contributed by atoms with van der Waals surface area (Å²) in [7, 11) is -3.65. The number of halogens is 1. The van der Waals surface area contributed by atoms with E-state index in [9.17, 15) is 8.42 Å². The van der Waals surface area contributed by atoms with Crippen molar-refractivity contribution in [2.45, 2.75) is 4.90 Å². The van der Waals surface area contributed by atoms with Gasteiger partial charge in [-0.3, -0.25) is 4.72 Å². The molecule has 0 atom stereocenters. The van der Waals surface area contributed by atoms with Crippen molar-refractivity contribution in [2.75, 3.05) is 15.4 Å². The Morgan fingerprint density at radius 3 is 2.07 bits per heavy atom. The quantitative estimate of drug-likeness (QED) is 0.512. The highest BCUT2D eigenvalue weighted by Gasteiger charge is 2.14. The maximum atomic E-state index is 12.4. The summed E-state index contributed by atoms with van der Waals surface area (Å²) in [5, 5.41) is 6.99. The predicted molar refractivity (Wildman–Crippen MR) is 115 cm³/mol. The molecule has 0 heterocycles. The third-order valence-electron chi connectivity index (χ3n) is 3.53. The van der Waals surface area contributed by atoms with Crippen molar-refractivity contribution in [3.8, 4) is 0 Å². The summed E-state index contributed by atoms with van der Waals surface area (Å²) in [6.45, 7) is 0. The highest BCUT2D eigenvalue weighted by Crippen LogP contribution is 2.19. The van der Waals surface area contributed by atoms with Crippen LogP contribution in [0.3, 0.4) is 0 Å². The van der Waals surface area contributed by atoms with E-state index in [1.54, 1.807) is 48.5 Å². The van der Waals surface area contributed by atoms with Crippen LogP contribution < -0.4 is 15.4 Å². The van der Waals surface area contributed by atoms with Crippen LogP contribution in [0, 0.1) is 0 Å². The molecule has 8 heteroatoms. The lowest BCUT2D eigenvalue weighted by Crippen LogP contribution is -2.19. The van der Waals surface area contributed by atoms with Crippen LogP contribution in [0.5, 0.6) is 0 Å². The van der Waals surface area contributed by atoms with Crippen molar-refractivity contribution in [3.05, 3.63) is 83.9 Å². The van der Waals surface area contributed by atoms with Crippen molar-refractivity contribution in [3.63, 3.8) is 0 Å². The van der Waals surface area contributed by atoms with Gasteiger partial charge in [0, 0.05) is 22.1 Å². The van der Waals surface area contributed by atoms with E-state index in [1.807, 2.05) is 18.2 Å². The number of rotatable bonds is 5. The smallest absolute Gasteiger partial charge is 0.261 e. The summed E-state index contributed by atoms with van der Waals surface area (Å²) in [5.41, 5.74) is 1.92. The van der Waals surface area contributed by atoms with Gasteiger partial charge in [-0.05, 0) is 66.8 Å². The first-order valence-corrected chi connectivity index (χ1v) is 10.2. The number of thiocarbonyl (C=S) groups is 1. The highest BCUT2D eigenvalue weighted by molar-refractivity contribution is 7.92. The molecule has 0 aromatic heterocycles. The summed E-state index contributed by atoms with van der Waals surface area (Å²) < 4.78 is 27.4. The highest BCUT2D eigenvalue weighted by atomic mass is 35.5. The Kier molecular flexibility index (Phi) is 5.95. The van der Waals surface area contributed by atoms with Crippen molar-refractivity contribution in [1.82, 2.24) is 0 Å². The van der Waals surface area contributed by atoms with E-state index in [0.717, 1.165) is 5.69 Å². The minimum Gasteiger partial charge on any atom is -0.332 e. The van der Waals surface area contributed by atoms with E-state index in [-0.39, 0.29) is 4.90 Å². The normalized spacial score (nSPS) is 10.9. The van der Waals surface area contributed by atoms with Gasteiger partial charge in [-0.1, -0.05) is 35.9 Å². The molecule has 3 N–H and O–H groups in total. The van der Waals surface area contributed by atoms with Crippen LogP contribution in [0.1, 0.15) is 0 Å². The minimum atomic E-state index is -3.65. The van der Waals surface area contributed by atoms with Gasteiger partial charge in [0.15, 0.2) is 5.11 Å². The maximum Gasteiger partial charge on any atom is 0.261 e. The van der Waals surface area contributed by atoms with E-state index in [0.29, 0.717) is 21.5 Å². The van der Waals surface area contributed by atoms with Gasteiger partial charge in [-0.2, -0.15) is 0 Å². The fraction of sp³-hybridized carbons (Fsp3) is 0. The molecule has 0 spiro atoms. The first-order valence-electron chi connectivity index (χ1n) is 7.94. The Bertz CT molecular complexity index is 1040. The zero-order valence-electron chi connectivity index (χ0n) is 14.0. The summed E-state index contributed by atoms with van der Waals surface area (Å²) in [6, 6.07) is 22.2. The third-order valence-corrected chi connectivity index (χ3v) is 5.37. The average molecular weight is 418 g/mol. The molecule has 27 heavy (non-hydrogen) atoms. The first-order chi connectivity index (χ1) is 12.9. The second-order valence-corrected chi connectivity index (χ2v) is 8.11. The second kappa shape index (κ2) is 8.39. The molecule has 3 aromatic rings. The Balaban J connectivity index is 1.65. The largest absolute Gasteiger partial charge is 0.332 e. The predicted octanol–water partition coefficient (Wildman–Crippen LogP) is 4.95. The number of anilines is 3. The number of para-hydroxylation sites is 1. The fourth-order valence-electron chi connectivity index (χ4n) is 2.30. The summed E-state index contributed by atoms with van der Waals surface area (Å²) >= 11 is 11.2. The number of nitrogens with one attached hydrogen (secondary N) is 3. The summed E-state index contributed by atoms with van der Waals surface area (Å²) in [4.78, 5) is 0.158. The summed E-state index contributed by atoms with van der Waals surface area (Å²) in [5.74, 6) is 0. The van der Waals surface area contributed by atoms with E-state index in [1.165, 1.54) is 12.1 Å². The standard InChI is InChI=1S/C19H16ClN3O2S2/c20-14-5-4-8-17(13-14)22-19(26)21-15-9-11-18(12-10-15)27(24,25)23-16-6-2-1-3-7-16/h1-13,23H,(H2,21,22,26). The van der Waals surface area contributed by atoms with Gasteiger partial charge in [0.1, 0.15) is 0 Å². The summed E-state index contributed by atoms with van der Waals surface area (Å²) in [6.07, 6.45) is 0. The Morgan fingerprint density at radius 1 is 0.778 bits per heavy atom. The molecule has 0 amide bonds.